The minimum Gasteiger partial charge on any atom is -0.356 e. The fraction of sp³-hybridized carbons (Fsp3) is 0.500. The number of carbonyl (C=O) groups excluding carboxylic acids is 2. The highest BCUT2D eigenvalue weighted by molar-refractivity contribution is 5.94. The van der Waals surface area contributed by atoms with Crippen molar-refractivity contribution < 1.29 is 9.59 Å². The minimum atomic E-state index is -0.132. The maximum absolute atomic E-state index is 11.8. The van der Waals surface area contributed by atoms with Crippen molar-refractivity contribution in [1.29, 1.82) is 0 Å². The Bertz CT molecular complexity index is 444. The number of unbranched alkanes of at least 4 members (excludes halogenated alkanes) is 2. The highest BCUT2D eigenvalue weighted by Gasteiger charge is 2.06. The van der Waals surface area contributed by atoms with Gasteiger partial charge < -0.3 is 10.6 Å². The van der Waals surface area contributed by atoms with E-state index in [1.165, 1.54) is 0 Å². The predicted molar refractivity (Wildman–Crippen MR) is 80.7 cm³/mol. The smallest absolute Gasteiger partial charge is 0.251 e. The lowest BCUT2D eigenvalue weighted by Gasteiger charge is -2.07. The summed E-state index contributed by atoms with van der Waals surface area (Å²) < 4.78 is 0. The van der Waals surface area contributed by atoms with Crippen LogP contribution in [-0.2, 0) is 4.79 Å². The van der Waals surface area contributed by atoms with Crippen LogP contribution in [0.15, 0.2) is 24.3 Å². The zero-order valence-corrected chi connectivity index (χ0v) is 12.4. The molecule has 0 saturated heterocycles. The monoisotopic (exact) mass is 276 g/mol. The molecule has 1 aromatic carbocycles. The first-order valence-electron chi connectivity index (χ1n) is 7.25. The lowest BCUT2D eigenvalue weighted by atomic mass is 10.1. The summed E-state index contributed by atoms with van der Waals surface area (Å²) in [5.41, 5.74) is 1.68. The zero-order chi connectivity index (χ0) is 14.8. The molecule has 0 spiro atoms. The van der Waals surface area contributed by atoms with E-state index in [4.69, 9.17) is 0 Å². The molecule has 2 N–H and O–H groups in total. The Hall–Kier alpha value is -1.84. The summed E-state index contributed by atoms with van der Waals surface area (Å²) in [6.07, 6.45) is 3.61. The first kappa shape index (κ1) is 16.2. The number of aryl methyl sites for hydroxylation is 1. The second kappa shape index (κ2) is 9.13. The molecule has 0 atom stereocenters. The van der Waals surface area contributed by atoms with Crippen molar-refractivity contribution in [2.24, 2.45) is 0 Å². The summed E-state index contributed by atoms with van der Waals surface area (Å²) in [6.45, 7) is 5.16. The summed E-state index contributed by atoms with van der Waals surface area (Å²) in [5, 5.41) is 5.61. The number of hydrogen-bond donors (Lipinski definition) is 2. The Morgan fingerprint density at radius 3 is 2.60 bits per heavy atom. The Labute approximate surface area is 121 Å². The molecule has 0 heterocycles. The zero-order valence-electron chi connectivity index (χ0n) is 12.4. The minimum absolute atomic E-state index is 0.00866. The topological polar surface area (TPSA) is 58.2 Å². The molecule has 4 heteroatoms. The lowest BCUT2D eigenvalue weighted by Crippen LogP contribution is -2.31. The fourth-order valence-corrected chi connectivity index (χ4v) is 1.87. The van der Waals surface area contributed by atoms with Crippen molar-refractivity contribution in [3.05, 3.63) is 35.4 Å². The van der Waals surface area contributed by atoms with Gasteiger partial charge in [-0.15, -0.1) is 0 Å². The molecule has 1 rings (SSSR count). The second-order valence-corrected chi connectivity index (χ2v) is 4.93. The van der Waals surface area contributed by atoms with Crippen molar-refractivity contribution in [2.45, 2.75) is 39.5 Å². The third-order valence-electron chi connectivity index (χ3n) is 3.02. The van der Waals surface area contributed by atoms with Crippen LogP contribution in [0.25, 0.3) is 0 Å². The molecule has 0 radical (unpaired) electrons. The number of nitrogens with one attached hydrogen (secondary N) is 2. The first-order chi connectivity index (χ1) is 9.63. The maximum Gasteiger partial charge on any atom is 0.251 e. The van der Waals surface area contributed by atoms with E-state index in [2.05, 4.69) is 17.6 Å². The van der Waals surface area contributed by atoms with E-state index in [0.29, 0.717) is 18.5 Å². The van der Waals surface area contributed by atoms with Crippen LogP contribution in [0.3, 0.4) is 0 Å². The van der Waals surface area contributed by atoms with Crippen LogP contribution in [0.5, 0.6) is 0 Å². The van der Waals surface area contributed by atoms with E-state index in [-0.39, 0.29) is 11.8 Å². The quantitative estimate of drug-likeness (QED) is 0.716. The van der Waals surface area contributed by atoms with Crippen molar-refractivity contribution in [3.63, 3.8) is 0 Å². The van der Waals surface area contributed by atoms with Crippen LogP contribution in [0.4, 0.5) is 0 Å². The maximum atomic E-state index is 11.8. The van der Waals surface area contributed by atoms with Gasteiger partial charge in [0.05, 0.1) is 0 Å². The normalized spacial score (nSPS) is 10.1. The largest absolute Gasteiger partial charge is 0.356 e. The summed E-state index contributed by atoms with van der Waals surface area (Å²) in [5.74, 6) is -0.141. The Morgan fingerprint density at radius 1 is 1.10 bits per heavy atom. The van der Waals surface area contributed by atoms with Crippen LogP contribution in [-0.4, -0.2) is 24.9 Å². The number of amides is 2. The molecule has 1 aromatic rings. The van der Waals surface area contributed by atoms with E-state index in [0.717, 1.165) is 31.4 Å². The highest BCUT2D eigenvalue weighted by atomic mass is 16.2. The highest BCUT2D eigenvalue weighted by Crippen LogP contribution is 2.03. The van der Waals surface area contributed by atoms with Gasteiger partial charge in [-0.1, -0.05) is 37.5 Å². The molecule has 0 aliphatic heterocycles. The molecule has 0 aromatic heterocycles. The summed E-state index contributed by atoms with van der Waals surface area (Å²) in [7, 11) is 0. The molecule has 0 aliphatic carbocycles. The molecule has 0 aliphatic rings. The Morgan fingerprint density at radius 2 is 1.90 bits per heavy atom. The van der Waals surface area contributed by atoms with Crippen LogP contribution in [0.1, 0.15) is 48.5 Å². The molecular weight excluding hydrogens is 252 g/mol. The standard InChI is InChI=1S/C16H24N2O2/c1-3-4-5-10-17-15(19)9-11-18-16(20)14-8-6-7-13(2)12-14/h6-8,12H,3-5,9-11H2,1-2H3,(H,17,19)(H,18,20). The number of hydrogen-bond acceptors (Lipinski definition) is 2. The molecule has 0 bridgehead atoms. The van der Waals surface area contributed by atoms with E-state index in [9.17, 15) is 9.59 Å². The van der Waals surface area contributed by atoms with Crippen LogP contribution < -0.4 is 10.6 Å². The summed E-state index contributed by atoms with van der Waals surface area (Å²) in [6, 6.07) is 7.40. The molecular formula is C16H24N2O2. The first-order valence-corrected chi connectivity index (χ1v) is 7.25. The molecule has 0 fully saturated rings. The van der Waals surface area contributed by atoms with Crippen LogP contribution >= 0.6 is 0 Å². The van der Waals surface area contributed by atoms with Crippen LogP contribution in [0, 0.1) is 6.92 Å². The van der Waals surface area contributed by atoms with Gasteiger partial charge in [-0.05, 0) is 25.5 Å². The van der Waals surface area contributed by atoms with E-state index in [1.807, 2.05) is 25.1 Å². The average Bonchev–Trinajstić information content (AvgIpc) is 2.43. The summed E-state index contributed by atoms with van der Waals surface area (Å²) in [4.78, 5) is 23.4. The van der Waals surface area contributed by atoms with E-state index >= 15 is 0 Å². The van der Waals surface area contributed by atoms with Crippen molar-refractivity contribution >= 4 is 11.8 Å². The van der Waals surface area contributed by atoms with Gasteiger partial charge in [-0.25, -0.2) is 0 Å². The van der Waals surface area contributed by atoms with E-state index in [1.54, 1.807) is 6.07 Å². The lowest BCUT2D eigenvalue weighted by molar-refractivity contribution is -0.120. The van der Waals surface area contributed by atoms with Gasteiger partial charge in [-0.3, -0.25) is 9.59 Å². The Kier molecular flexibility index (Phi) is 7.40. The van der Waals surface area contributed by atoms with Crippen molar-refractivity contribution in [3.8, 4) is 0 Å². The van der Waals surface area contributed by atoms with Gasteiger partial charge in [-0.2, -0.15) is 0 Å². The van der Waals surface area contributed by atoms with Crippen molar-refractivity contribution in [1.82, 2.24) is 10.6 Å². The number of benzene rings is 1. The molecule has 0 saturated carbocycles. The van der Waals surface area contributed by atoms with Gasteiger partial charge in [0.2, 0.25) is 5.91 Å². The molecule has 2 amide bonds. The molecule has 0 unspecified atom stereocenters. The average molecular weight is 276 g/mol. The molecule has 110 valence electrons. The molecule has 4 nitrogen and oxygen atoms in total. The number of rotatable bonds is 8. The van der Waals surface area contributed by atoms with Gasteiger partial charge >= 0.3 is 0 Å². The van der Waals surface area contributed by atoms with Gasteiger partial charge in [0, 0.05) is 25.1 Å². The van der Waals surface area contributed by atoms with Gasteiger partial charge in [0.15, 0.2) is 0 Å². The van der Waals surface area contributed by atoms with Gasteiger partial charge in [0.25, 0.3) is 5.91 Å². The third-order valence-corrected chi connectivity index (χ3v) is 3.02. The fourth-order valence-electron chi connectivity index (χ4n) is 1.87. The SMILES string of the molecule is CCCCCNC(=O)CCNC(=O)c1cccc(C)c1. The van der Waals surface area contributed by atoms with E-state index < -0.39 is 0 Å². The Balaban J connectivity index is 2.20. The van der Waals surface area contributed by atoms with Crippen molar-refractivity contribution in [2.75, 3.05) is 13.1 Å². The predicted octanol–water partition coefficient (Wildman–Crippen LogP) is 2.42. The molecule has 20 heavy (non-hydrogen) atoms. The van der Waals surface area contributed by atoms with Crippen LogP contribution in [0.2, 0.25) is 0 Å². The third kappa shape index (κ3) is 6.36. The van der Waals surface area contributed by atoms with Gasteiger partial charge in [0.1, 0.15) is 0 Å². The number of carbonyl (C=O) groups is 2. The summed E-state index contributed by atoms with van der Waals surface area (Å²) >= 11 is 0. The second-order valence-electron chi connectivity index (χ2n) is 4.93.